The third-order valence-electron chi connectivity index (χ3n) is 2.88. The monoisotopic (exact) mass is 296 g/mol. The Kier molecular flexibility index (Phi) is 6.30. The summed E-state index contributed by atoms with van der Waals surface area (Å²) in [6, 6.07) is 3.92. The minimum absolute atomic E-state index is 0.0681. The van der Waals surface area contributed by atoms with Crippen LogP contribution >= 0.6 is 0 Å². The van der Waals surface area contributed by atoms with E-state index in [4.69, 9.17) is 0 Å². The molecule has 0 spiro atoms. The van der Waals surface area contributed by atoms with Crippen molar-refractivity contribution in [3.05, 3.63) is 35.1 Å². The highest BCUT2D eigenvalue weighted by molar-refractivity contribution is 5.89. The molecule has 0 aliphatic carbocycles. The average Bonchev–Trinajstić information content (AvgIpc) is 2.43. The number of nitrogens with one attached hydrogen (secondary N) is 2. The van der Waals surface area contributed by atoms with E-state index in [-0.39, 0.29) is 17.5 Å². The molecule has 0 aromatic heterocycles. The second-order valence-electron chi connectivity index (χ2n) is 5.07. The van der Waals surface area contributed by atoms with E-state index in [1.807, 2.05) is 13.8 Å². The second kappa shape index (κ2) is 7.73. The van der Waals surface area contributed by atoms with Crippen molar-refractivity contribution in [2.45, 2.75) is 39.4 Å². The summed E-state index contributed by atoms with van der Waals surface area (Å²) in [6.45, 7) is 5.82. The van der Waals surface area contributed by atoms with Gasteiger partial charge in [0.1, 0.15) is 5.82 Å². The quantitative estimate of drug-likeness (QED) is 0.783. The number of amides is 1. The number of esters is 1. The number of hydrogen-bond acceptors (Lipinski definition) is 4. The Balaban J connectivity index is 2.62. The van der Waals surface area contributed by atoms with Crippen molar-refractivity contribution in [3.63, 3.8) is 0 Å². The number of benzene rings is 1. The van der Waals surface area contributed by atoms with Gasteiger partial charge in [-0.1, -0.05) is 6.07 Å². The Labute approximate surface area is 123 Å². The second-order valence-corrected chi connectivity index (χ2v) is 5.07. The van der Waals surface area contributed by atoms with Crippen LogP contribution in [0.3, 0.4) is 0 Å². The molecule has 0 fully saturated rings. The molecule has 1 rings (SSSR count). The van der Waals surface area contributed by atoms with Gasteiger partial charge in [0.25, 0.3) is 0 Å². The summed E-state index contributed by atoms with van der Waals surface area (Å²) in [5.41, 5.74) is 0.538. The fourth-order valence-corrected chi connectivity index (χ4v) is 1.72. The average molecular weight is 296 g/mol. The number of halogens is 1. The largest absolute Gasteiger partial charge is 0.465 e. The van der Waals surface area contributed by atoms with Crippen LogP contribution < -0.4 is 10.6 Å². The normalized spacial score (nSPS) is 12.1. The van der Waals surface area contributed by atoms with Crippen molar-refractivity contribution in [1.82, 2.24) is 10.6 Å². The molecule has 1 atom stereocenters. The lowest BCUT2D eigenvalue weighted by atomic mass is 10.1. The first-order valence-corrected chi connectivity index (χ1v) is 6.75. The maximum Gasteiger partial charge on any atom is 0.340 e. The van der Waals surface area contributed by atoms with Crippen LogP contribution in [0.15, 0.2) is 18.2 Å². The number of rotatable bonds is 6. The van der Waals surface area contributed by atoms with Gasteiger partial charge >= 0.3 is 5.97 Å². The van der Waals surface area contributed by atoms with E-state index < -0.39 is 17.8 Å². The molecule has 1 amide bonds. The minimum Gasteiger partial charge on any atom is -0.465 e. The van der Waals surface area contributed by atoms with Crippen LogP contribution in [0.2, 0.25) is 0 Å². The molecule has 6 heteroatoms. The first-order valence-electron chi connectivity index (χ1n) is 6.75. The summed E-state index contributed by atoms with van der Waals surface area (Å²) in [4.78, 5) is 23.0. The highest BCUT2D eigenvalue weighted by atomic mass is 19.1. The fraction of sp³-hybridized carbons (Fsp3) is 0.467. The van der Waals surface area contributed by atoms with Crippen molar-refractivity contribution in [2.24, 2.45) is 0 Å². The Morgan fingerprint density at radius 1 is 1.29 bits per heavy atom. The van der Waals surface area contributed by atoms with E-state index in [1.165, 1.54) is 19.2 Å². The molecular formula is C15H21FN2O3. The lowest BCUT2D eigenvalue weighted by Crippen LogP contribution is -2.44. The first-order chi connectivity index (χ1) is 9.85. The van der Waals surface area contributed by atoms with E-state index >= 15 is 0 Å². The van der Waals surface area contributed by atoms with Crippen molar-refractivity contribution in [1.29, 1.82) is 0 Å². The SMILES string of the molecule is COC(=O)c1ccc(CNC(C)C(=O)NC(C)C)cc1F. The summed E-state index contributed by atoms with van der Waals surface area (Å²) in [5, 5.41) is 5.78. The van der Waals surface area contributed by atoms with Crippen molar-refractivity contribution in [2.75, 3.05) is 7.11 Å². The van der Waals surface area contributed by atoms with Gasteiger partial charge in [0.2, 0.25) is 5.91 Å². The van der Waals surface area contributed by atoms with Gasteiger partial charge in [0.05, 0.1) is 18.7 Å². The van der Waals surface area contributed by atoms with Gasteiger partial charge in [-0.2, -0.15) is 0 Å². The van der Waals surface area contributed by atoms with Crippen LogP contribution in [0.1, 0.15) is 36.7 Å². The number of carbonyl (C=O) groups excluding carboxylic acids is 2. The van der Waals surface area contributed by atoms with E-state index in [2.05, 4.69) is 15.4 Å². The van der Waals surface area contributed by atoms with Crippen LogP contribution in [0.5, 0.6) is 0 Å². The zero-order valence-electron chi connectivity index (χ0n) is 12.7. The highest BCUT2D eigenvalue weighted by Gasteiger charge is 2.15. The standard InChI is InChI=1S/C15H21FN2O3/c1-9(2)18-14(19)10(3)17-8-11-5-6-12(13(16)7-11)15(20)21-4/h5-7,9-10,17H,8H2,1-4H3,(H,18,19). The number of ether oxygens (including phenoxy) is 1. The Hall–Kier alpha value is -1.95. The van der Waals surface area contributed by atoms with Gasteiger partial charge < -0.3 is 15.4 Å². The van der Waals surface area contributed by atoms with Crippen molar-refractivity contribution >= 4 is 11.9 Å². The highest BCUT2D eigenvalue weighted by Crippen LogP contribution is 2.11. The van der Waals surface area contributed by atoms with Gasteiger partial charge in [-0.05, 0) is 38.5 Å². The Bertz CT molecular complexity index is 518. The smallest absolute Gasteiger partial charge is 0.340 e. The third kappa shape index (κ3) is 5.15. The van der Waals surface area contributed by atoms with E-state index in [0.29, 0.717) is 12.1 Å². The maximum atomic E-state index is 13.7. The van der Waals surface area contributed by atoms with E-state index in [0.717, 1.165) is 0 Å². The Morgan fingerprint density at radius 3 is 2.48 bits per heavy atom. The van der Waals surface area contributed by atoms with Crippen LogP contribution in [0.4, 0.5) is 4.39 Å². The molecule has 2 N–H and O–H groups in total. The van der Waals surface area contributed by atoms with Gasteiger partial charge in [-0.15, -0.1) is 0 Å². The molecule has 0 aliphatic rings. The third-order valence-corrected chi connectivity index (χ3v) is 2.88. The predicted octanol–water partition coefficient (Wildman–Crippen LogP) is 1.61. The van der Waals surface area contributed by atoms with E-state index in [9.17, 15) is 14.0 Å². The first kappa shape index (κ1) is 17.1. The Morgan fingerprint density at radius 2 is 1.95 bits per heavy atom. The number of carbonyl (C=O) groups is 2. The zero-order chi connectivity index (χ0) is 16.0. The van der Waals surface area contributed by atoms with Gasteiger partial charge in [-0.25, -0.2) is 9.18 Å². The molecule has 0 bridgehead atoms. The van der Waals surface area contributed by atoms with Gasteiger partial charge in [0.15, 0.2) is 0 Å². The molecule has 5 nitrogen and oxygen atoms in total. The molecule has 0 aliphatic heterocycles. The van der Waals surface area contributed by atoms with Crippen molar-refractivity contribution in [3.8, 4) is 0 Å². The van der Waals surface area contributed by atoms with Gasteiger partial charge in [-0.3, -0.25) is 4.79 Å². The molecule has 0 heterocycles. The lowest BCUT2D eigenvalue weighted by molar-refractivity contribution is -0.123. The molecule has 1 aromatic rings. The summed E-state index contributed by atoms with van der Waals surface area (Å²) >= 11 is 0. The molecule has 116 valence electrons. The van der Waals surface area contributed by atoms with E-state index in [1.54, 1.807) is 13.0 Å². The summed E-state index contributed by atoms with van der Waals surface area (Å²) in [7, 11) is 1.20. The topological polar surface area (TPSA) is 67.4 Å². The van der Waals surface area contributed by atoms with Crippen LogP contribution in [0.25, 0.3) is 0 Å². The molecule has 0 radical (unpaired) electrons. The molecule has 1 unspecified atom stereocenters. The molecular weight excluding hydrogens is 275 g/mol. The van der Waals surface area contributed by atoms with Crippen molar-refractivity contribution < 1.29 is 18.7 Å². The van der Waals surface area contributed by atoms with Crippen LogP contribution in [-0.2, 0) is 16.1 Å². The maximum absolute atomic E-state index is 13.7. The predicted molar refractivity (Wildman–Crippen MR) is 77.3 cm³/mol. The summed E-state index contributed by atoms with van der Waals surface area (Å²) in [6.07, 6.45) is 0. The van der Waals surface area contributed by atoms with Crippen LogP contribution in [-0.4, -0.2) is 31.1 Å². The lowest BCUT2D eigenvalue weighted by Gasteiger charge is -2.16. The summed E-state index contributed by atoms with van der Waals surface area (Å²) < 4.78 is 18.2. The molecule has 1 aromatic carbocycles. The molecule has 21 heavy (non-hydrogen) atoms. The van der Waals surface area contributed by atoms with Crippen LogP contribution in [0, 0.1) is 5.82 Å². The molecule has 0 saturated heterocycles. The number of hydrogen-bond donors (Lipinski definition) is 2. The number of methoxy groups -OCH3 is 1. The molecule has 0 saturated carbocycles. The fourth-order valence-electron chi connectivity index (χ4n) is 1.72. The van der Waals surface area contributed by atoms with Gasteiger partial charge in [0, 0.05) is 12.6 Å². The zero-order valence-corrected chi connectivity index (χ0v) is 12.7. The minimum atomic E-state index is -0.711. The summed E-state index contributed by atoms with van der Waals surface area (Å²) in [5.74, 6) is -1.46.